The van der Waals surface area contributed by atoms with E-state index in [9.17, 15) is 22.4 Å². The molecular weight excluding hydrogens is 687 g/mol. The summed E-state index contributed by atoms with van der Waals surface area (Å²) >= 11 is 8.59. The van der Waals surface area contributed by atoms with Crippen LogP contribution in [-0.4, -0.2) is 65.2 Å². The van der Waals surface area contributed by atoms with E-state index < -0.39 is 28.7 Å². The fourth-order valence-electron chi connectivity index (χ4n) is 5.99. The molecule has 1 aliphatic rings. The number of pyridine rings is 1. The number of amides is 1. The fourth-order valence-corrected chi connectivity index (χ4v) is 6.54. The van der Waals surface area contributed by atoms with E-state index in [-0.39, 0.29) is 12.5 Å². The number of rotatable bonds is 9. The molecule has 3 N–H and O–H groups in total. The summed E-state index contributed by atoms with van der Waals surface area (Å²) in [5.41, 5.74) is 4.76. The van der Waals surface area contributed by atoms with E-state index in [4.69, 9.17) is 5.11 Å². The number of anilines is 1. The number of aromatic amines is 1. The first-order valence-corrected chi connectivity index (χ1v) is 16.9. The number of thiol groups is 2. The molecule has 2 aromatic heterocycles. The van der Waals surface area contributed by atoms with Gasteiger partial charge >= 0.3 is 0 Å². The lowest BCUT2D eigenvalue weighted by molar-refractivity contribution is -0.121. The molecule has 0 aliphatic carbocycles. The molecule has 1 atom stereocenters. The molecule has 1 unspecified atom stereocenters. The summed E-state index contributed by atoms with van der Waals surface area (Å²) in [5.74, 6) is 0.581. The van der Waals surface area contributed by atoms with Gasteiger partial charge < -0.3 is 19.7 Å². The average molecular weight is 726 g/mol. The first-order valence-electron chi connectivity index (χ1n) is 16.0. The van der Waals surface area contributed by atoms with Gasteiger partial charge in [-0.25, -0.2) is 22.5 Å². The Labute approximate surface area is 299 Å². The number of aliphatic hydroxyl groups excluding tert-OH is 1. The van der Waals surface area contributed by atoms with Crippen molar-refractivity contribution in [1.82, 2.24) is 19.6 Å². The van der Waals surface area contributed by atoms with Crippen LogP contribution in [0.4, 0.5) is 23.4 Å². The Morgan fingerprint density at radius 3 is 2.18 bits per heavy atom. The number of carbonyl (C=O) groups is 1. The van der Waals surface area contributed by atoms with Gasteiger partial charge in [0.05, 0.1) is 6.61 Å². The van der Waals surface area contributed by atoms with Crippen LogP contribution >= 0.6 is 25.4 Å². The van der Waals surface area contributed by atoms with Crippen molar-refractivity contribution < 1.29 is 27.5 Å². The van der Waals surface area contributed by atoms with Gasteiger partial charge in [-0.15, -0.1) is 0 Å². The number of carbonyl (C=O) groups excluding carboxylic acids is 1. The van der Waals surface area contributed by atoms with E-state index in [2.05, 4.69) is 75.1 Å². The molecule has 0 bridgehead atoms. The normalized spacial score (nSPS) is 14.8. The highest BCUT2D eigenvalue weighted by Crippen LogP contribution is 2.39. The summed E-state index contributed by atoms with van der Waals surface area (Å²) < 4.78 is 52.8. The highest BCUT2D eigenvalue weighted by atomic mass is 32.1. The van der Waals surface area contributed by atoms with Crippen LogP contribution in [0.15, 0.2) is 85.1 Å². The van der Waals surface area contributed by atoms with Gasteiger partial charge in [0.15, 0.2) is 0 Å². The first kappa shape index (κ1) is 37.2. The predicted octanol–water partition coefficient (Wildman–Crippen LogP) is 7.99. The lowest BCUT2D eigenvalue weighted by Crippen LogP contribution is -2.47. The minimum atomic E-state index is -2.79. The second-order valence-corrected chi connectivity index (χ2v) is 13.3. The number of para-hydroxylation sites is 1. The zero-order valence-electron chi connectivity index (χ0n) is 27.6. The van der Waals surface area contributed by atoms with E-state index in [0.717, 1.165) is 71.2 Å². The number of alkyl halides is 4. The van der Waals surface area contributed by atoms with Gasteiger partial charge in [0.1, 0.15) is 10.6 Å². The van der Waals surface area contributed by atoms with E-state index in [1.54, 1.807) is 19.2 Å². The van der Waals surface area contributed by atoms with Crippen molar-refractivity contribution >= 4 is 48.1 Å². The Bertz CT molecular complexity index is 1870. The molecule has 264 valence electrons. The monoisotopic (exact) mass is 725 g/mol. The number of hydrogen-bond acceptors (Lipinski definition) is 7. The van der Waals surface area contributed by atoms with Crippen molar-refractivity contribution in [3.63, 3.8) is 0 Å². The molecular formula is C37H39F4N5O2S2. The number of fused-ring (bicyclic) bond motifs is 1. The number of β-amino-alcohol motifs (C(OH)–C–C–N with tert-alkyl or cyclic N) is 1. The molecule has 6 rings (SSSR count). The Hall–Kier alpha value is -4.04. The van der Waals surface area contributed by atoms with Crippen LogP contribution in [0.5, 0.6) is 0 Å². The third-order valence-corrected chi connectivity index (χ3v) is 9.48. The van der Waals surface area contributed by atoms with Crippen molar-refractivity contribution in [2.45, 2.75) is 31.4 Å². The van der Waals surface area contributed by atoms with E-state index in [1.807, 2.05) is 36.4 Å². The number of aromatic nitrogens is 2. The Morgan fingerprint density at radius 1 is 0.940 bits per heavy atom. The van der Waals surface area contributed by atoms with Gasteiger partial charge in [0.25, 0.3) is 12.9 Å². The fraction of sp³-hybridized carbons (Fsp3) is 0.297. The van der Waals surface area contributed by atoms with E-state index >= 15 is 0 Å². The topological polar surface area (TPSA) is 84.5 Å². The number of benzene rings is 3. The van der Waals surface area contributed by atoms with Gasteiger partial charge in [-0.2, -0.15) is 12.6 Å². The average Bonchev–Trinajstić information content (AvgIpc) is 3.56. The lowest BCUT2D eigenvalue weighted by atomic mass is 9.90. The van der Waals surface area contributed by atoms with Gasteiger partial charge in [0.2, 0.25) is 5.91 Å². The van der Waals surface area contributed by atoms with Crippen LogP contribution in [0, 0.1) is 6.92 Å². The molecule has 1 aliphatic heterocycles. The number of H-pyrrole nitrogens is 1. The van der Waals surface area contributed by atoms with Crippen LogP contribution in [0.2, 0.25) is 0 Å². The third-order valence-electron chi connectivity index (χ3n) is 8.83. The molecule has 0 saturated carbocycles. The summed E-state index contributed by atoms with van der Waals surface area (Å²) in [6.07, 6.45) is -3.81. The SMILES string of the molecule is Cc1ccccc1-c1cc(N2CCN(CCO)CC2)ncc1C(C)(S)C(=O)NS.FC(F)c1cc(-c2cc3ccccc3[nH]2)cc(C(F)F)c1. The van der Waals surface area contributed by atoms with Crippen LogP contribution in [-0.2, 0) is 9.54 Å². The molecule has 1 amide bonds. The number of nitrogens with one attached hydrogen (secondary N) is 2. The minimum Gasteiger partial charge on any atom is -0.395 e. The smallest absolute Gasteiger partial charge is 0.263 e. The molecule has 1 fully saturated rings. The zero-order chi connectivity index (χ0) is 36.0. The minimum absolute atomic E-state index is 0.179. The van der Waals surface area contributed by atoms with Crippen LogP contribution < -0.4 is 9.62 Å². The summed E-state index contributed by atoms with van der Waals surface area (Å²) in [5, 5.41) is 10.0. The van der Waals surface area contributed by atoms with Crippen LogP contribution in [0.3, 0.4) is 0 Å². The van der Waals surface area contributed by atoms with E-state index in [1.165, 1.54) is 12.1 Å². The highest BCUT2D eigenvalue weighted by Gasteiger charge is 2.34. The van der Waals surface area contributed by atoms with Crippen molar-refractivity contribution in [2.75, 3.05) is 44.2 Å². The molecule has 50 heavy (non-hydrogen) atoms. The summed E-state index contributed by atoms with van der Waals surface area (Å²) in [6.45, 7) is 8.15. The molecule has 0 radical (unpaired) electrons. The maximum absolute atomic E-state index is 12.9. The lowest BCUT2D eigenvalue weighted by Gasteiger charge is -2.35. The first-order chi connectivity index (χ1) is 23.9. The quantitative estimate of drug-likeness (QED) is 0.0787. The number of hydrogen-bond donors (Lipinski definition) is 5. The largest absolute Gasteiger partial charge is 0.395 e. The summed E-state index contributed by atoms with van der Waals surface area (Å²) in [6, 6.07) is 22.6. The Kier molecular flexibility index (Phi) is 12.2. The standard InChI is InChI=1S/C21H28N4O2S2.C16H11F4N/c1-15-5-3-4-6-16(15)17-13-19(25-9-7-24(8-10-25)11-12-26)22-14-18(17)21(2,28)20(27)23-29;17-15(18)11-5-10(6-12(7-11)16(19)20)14-8-9-3-1-2-4-13(9)21-14/h3-6,13-14,26,28-29H,7-12H2,1-2H3,(H,23,27);1-8,15-16,21H. The number of aliphatic hydroxyl groups is 1. The predicted molar refractivity (Wildman–Crippen MR) is 197 cm³/mol. The Morgan fingerprint density at radius 2 is 1.58 bits per heavy atom. The number of halogens is 4. The van der Waals surface area contributed by atoms with E-state index in [0.29, 0.717) is 17.8 Å². The van der Waals surface area contributed by atoms with Crippen molar-refractivity contribution in [3.05, 3.63) is 107 Å². The second-order valence-electron chi connectivity index (χ2n) is 12.2. The van der Waals surface area contributed by atoms with Crippen molar-refractivity contribution in [3.8, 4) is 22.4 Å². The van der Waals surface area contributed by atoms with Gasteiger partial charge in [-0.1, -0.05) is 55.3 Å². The highest BCUT2D eigenvalue weighted by molar-refractivity contribution is 7.82. The van der Waals surface area contributed by atoms with Gasteiger partial charge in [-0.05, 0) is 72.5 Å². The zero-order valence-corrected chi connectivity index (χ0v) is 29.4. The molecule has 0 spiro atoms. The van der Waals surface area contributed by atoms with Gasteiger partial charge in [-0.3, -0.25) is 9.69 Å². The molecule has 13 heteroatoms. The second kappa shape index (κ2) is 16.3. The summed E-state index contributed by atoms with van der Waals surface area (Å²) in [4.78, 5) is 24.7. The maximum Gasteiger partial charge on any atom is 0.263 e. The van der Waals surface area contributed by atoms with Crippen molar-refractivity contribution in [2.24, 2.45) is 0 Å². The molecule has 7 nitrogen and oxygen atoms in total. The van der Waals surface area contributed by atoms with Crippen LogP contribution in [0.25, 0.3) is 33.3 Å². The number of nitrogens with zero attached hydrogens (tertiary/aromatic N) is 3. The molecule has 3 aromatic carbocycles. The summed E-state index contributed by atoms with van der Waals surface area (Å²) in [7, 11) is 0. The maximum atomic E-state index is 12.9. The Balaban J connectivity index is 0.000000204. The van der Waals surface area contributed by atoms with Gasteiger partial charge in [0, 0.05) is 72.2 Å². The van der Waals surface area contributed by atoms with Crippen LogP contribution in [0.1, 0.15) is 42.0 Å². The molecule has 5 aromatic rings. The number of aryl methyl sites for hydroxylation is 1. The molecule has 1 saturated heterocycles. The number of piperazine rings is 1. The van der Waals surface area contributed by atoms with Crippen molar-refractivity contribution in [1.29, 1.82) is 0 Å². The molecule has 3 heterocycles. The third kappa shape index (κ3) is 8.45.